The highest BCUT2D eigenvalue weighted by molar-refractivity contribution is 5.85. The van der Waals surface area contributed by atoms with E-state index in [1.54, 1.807) is 0 Å². The van der Waals surface area contributed by atoms with Gasteiger partial charge in [-0.3, -0.25) is 0 Å². The Bertz CT molecular complexity index is 114. The predicted molar refractivity (Wildman–Crippen MR) is 56.9 cm³/mol. The maximum atomic E-state index is 3.61. The van der Waals surface area contributed by atoms with Gasteiger partial charge in [-0.2, -0.15) is 0 Å². The predicted octanol–water partition coefficient (Wildman–Crippen LogP) is 2.84. The van der Waals surface area contributed by atoms with Crippen molar-refractivity contribution in [3.63, 3.8) is 0 Å². The van der Waals surface area contributed by atoms with Crippen molar-refractivity contribution in [2.45, 2.75) is 46.1 Å². The fourth-order valence-electron chi connectivity index (χ4n) is 1.79. The first kappa shape index (κ1) is 12.2. The van der Waals surface area contributed by atoms with Gasteiger partial charge in [0.2, 0.25) is 0 Å². The molecule has 1 aliphatic heterocycles. The van der Waals surface area contributed by atoms with Crippen molar-refractivity contribution in [2.24, 2.45) is 11.8 Å². The summed E-state index contributed by atoms with van der Waals surface area (Å²) >= 11 is 0. The molecule has 74 valence electrons. The quantitative estimate of drug-likeness (QED) is 0.672. The summed E-state index contributed by atoms with van der Waals surface area (Å²) in [7, 11) is 0. The number of halogens is 1. The molecule has 0 aliphatic carbocycles. The molecule has 1 fully saturated rings. The summed E-state index contributed by atoms with van der Waals surface area (Å²) in [5.74, 6) is 1.74. The molecule has 0 saturated carbocycles. The molecule has 0 aromatic heterocycles. The van der Waals surface area contributed by atoms with Crippen molar-refractivity contribution in [2.75, 3.05) is 6.54 Å². The monoisotopic (exact) mass is 191 g/mol. The molecule has 0 amide bonds. The molecule has 12 heavy (non-hydrogen) atoms. The smallest absolute Gasteiger partial charge is 0.00901 e. The van der Waals surface area contributed by atoms with Gasteiger partial charge in [0.15, 0.2) is 0 Å². The first-order valence-corrected chi connectivity index (χ1v) is 4.93. The molecule has 1 N–H and O–H groups in total. The van der Waals surface area contributed by atoms with Gasteiger partial charge in [-0.15, -0.1) is 12.4 Å². The van der Waals surface area contributed by atoms with Gasteiger partial charge < -0.3 is 5.32 Å². The van der Waals surface area contributed by atoms with E-state index in [9.17, 15) is 0 Å². The van der Waals surface area contributed by atoms with Crippen molar-refractivity contribution in [3.05, 3.63) is 0 Å². The summed E-state index contributed by atoms with van der Waals surface area (Å²) in [5, 5.41) is 3.61. The highest BCUT2D eigenvalue weighted by Gasteiger charge is 2.17. The Morgan fingerprint density at radius 3 is 2.42 bits per heavy atom. The lowest BCUT2D eigenvalue weighted by atomic mass is 9.96. The lowest BCUT2D eigenvalue weighted by Crippen LogP contribution is -2.32. The third-order valence-electron chi connectivity index (χ3n) is 2.82. The maximum Gasteiger partial charge on any atom is 0.00901 e. The van der Waals surface area contributed by atoms with Crippen LogP contribution in [0.5, 0.6) is 0 Å². The first-order chi connectivity index (χ1) is 5.20. The van der Waals surface area contributed by atoms with Crippen LogP contribution >= 0.6 is 12.4 Å². The molecule has 1 saturated heterocycles. The van der Waals surface area contributed by atoms with E-state index in [1.807, 2.05) is 0 Å². The summed E-state index contributed by atoms with van der Waals surface area (Å²) in [4.78, 5) is 0. The Morgan fingerprint density at radius 2 is 1.83 bits per heavy atom. The lowest BCUT2D eigenvalue weighted by Gasteiger charge is -2.19. The van der Waals surface area contributed by atoms with Crippen molar-refractivity contribution >= 4 is 12.4 Å². The van der Waals surface area contributed by atoms with E-state index in [-0.39, 0.29) is 12.4 Å². The Kier molecular flexibility index (Phi) is 5.94. The number of hydrogen-bond donors (Lipinski definition) is 1. The minimum Gasteiger partial charge on any atom is -0.314 e. The zero-order chi connectivity index (χ0) is 8.27. The zero-order valence-corrected chi connectivity index (χ0v) is 9.29. The van der Waals surface area contributed by atoms with Crippen LogP contribution in [0.15, 0.2) is 0 Å². The van der Waals surface area contributed by atoms with Gasteiger partial charge in [-0.05, 0) is 37.6 Å². The molecule has 2 heteroatoms. The molecule has 1 nitrogen and oxygen atoms in total. The van der Waals surface area contributed by atoms with Gasteiger partial charge in [0.05, 0.1) is 0 Å². The van der Waals surface area contributed by atoms with Gasteiger partial charge in [0.1, 0.15) is 0 Å². The highest BCUT2D eigenvalue weighted by atomic mass is 35.5. The van der Waals surface area contributed by atoms with Crippen LogP contribution in [-0.2, 0) is 0 Å². The fraction of sp³-hybridized carbons (Fsp3) is 1.00. The van der Waals surface area contributed by atoms with Gasteiger partial charge in [-0.1, -0.05) is 20.8 Å². The Hall–Kier alpha value is 0.250. The second-order valence-corrected chi connectivity index (χ2v) is 4.28. The number of hydrogen-bond acceptors (Lipinski definition) is 1. The molecule has 0 spiro atoms. The highest BCUT2D eigenvalue weighted by Crippen LogP contribution is 2.18. The molecule has 0 radical (unpaired) electrons. The van der Waals surface area contributed by atoms with Crippen LogP contribution < -0.4 is 5.32 Å². The lowest BCUT2D eigenvalue weighted by molar-refractivity contribution is 0.390. The summed E-state index contributed by atoms with van der Waals surface area (Å²) in [5.41, 5.74) is 0. The van der Waals surface area contributed by atoms with Crippen LogP contribution in [0.4, 0.5) is 0 Å². The van der Waals surface area contributed by atoms with Crippen LogP contribution in [-0.4, -0.2) is 12.6 Å². The molecule has 0 aromatic carbocycles. The second kappa shape index (κ2) is 5.82. The Morgan fingerprint density at radius 1 is 1.17 bits per heavy atom. The third-order valence-corrected chi connectivity index (χ3v) is 2.82. The summed E-state index contributed by atoms with van der Waals surface area (Å²) in [6.45, 7) is 8.22. The van der Waals surface area contributed by atoms with Crippen molar-refractivity contribution < 1.29 is 0 Å². The van der Waals surface area contributed by atoms with E-state index in [2.05, 4.69) is 26.1 Å². The van der Waals surface area contributed by atoms with Gasteiger partial charge in [0, 0.05) is 6.04 Å². The molecule has 1 rings (SSSR count). The molecule has 1 heterocycles. The van der Waals surface area contributed by atoms with E-state index < -0.39 is 0 Å². The normalized spacial score (nSPS) is 31.0. The minimum atomic E-state index is 0. The molecule has 0 aromatic rings. The topological polar surface area (TPSA) is 12.0 Å². The van der Waals surface area contributed by atoms with Gasteiger partial charge in [0.25, 0.3) is 0 Å². The number of rotatable bonds is 1. The summed E-state index contributed by atoms with van der Waals surface area (Å²) < 4.78 is 0. The van der Waals surface area contributed by atoms with Crippen LogP contribution in [0.1, 0.15) is 40.0 Å². The molecule has 1 aliphatic rings. The number of nitrogens with one attached hydrogen (secondary N) is 1. The van der Waals surface area contributed by atoms with E-state index in [1.165, 1.54) is 25.8 Å². The van der Waals surface area contributed by atoms with E-state index >= 15 is 0 Å². The van der Waals surface area contributed by atoms with Crippen LogP contribution in [0.3, 0.4) is 0 Å². The van der Waals surface area contributed by atoms with E-state index in [4.69, 9.17) is 0 Å². The SMILES string of the molecule is CC1CCNC(C(C)C)CC1.Cl. The zero-order valence-electron chi connectivity index (χ0n) is 8.47. The Balaban J connectivity index is 0.00000121. The molecule has 2 atom stereocenters. The third kappa shape index (κ3) is 3.77. The molecular weight excluding hydrogens is 170 g/mol. The van der Waals surface area contributed by atoms with Crippen molar-refractivity contribution in [1.29, 1.82) is 0 Å². The summed E-state index contributed by atoms with van der Waals surface area (Å²) in [6.07, 6.45) is 4.15. The average molecular weight is 192 g/mol. The second-order valence-electron chi connectivity index (χ2n) is 4.28. The molecule has 2 unspecified atom stereocenters. The molecule has 0 bridgehead atoms. The van der Waals surface area contributed by atoms with E-state index in [0.717, 1.165) is 17.9 Å². The van der Waals surface area contributed by atoms with Crippen LogP contribution in [0.2, 0.25) is 0 Å². The first-order valence-electron chi connectivity index (χ1n) is 4.93. The van der Waals surface area contributed by atoms with Crippen molar-refractivity contribution in [1.82, 2.24) is 5.32 Å². The minimum absolute atomic E-state index is 0. The fourth-order valence-corrected chi connectivity index (χ4v) is 1.79. The van der Waals surface area contributed by atoms with Gasteiger partial charge >= 0.3 is 0 Å². The van der Waals surface area contributed by atoms with Gasteiger partial charge in [-0.25, -0.2) is 0 Å². The summed E-state index contributed by atoms with van der Waals surface area (Å²) in [6, 6.07) is 0.778. The van der Waals surface area contributed by atoms with Crippen molar-refractivity contribution in [3.8, 4) is 0 Å². The largest absolute Gasteiger partial charge is 0.314 e. The Labute approximate surface area is 82.7 Å². The van der Waals surface area contributed by atoms with E-state index in [0.29, 0.717) is 0 Å². The maximum absolute atomic E-state index is 3.61. The standard InChI is InChI=1S/C10H21N.ClH/c1-8(2)10-5-4-9(3)6-7-11-10;/h8-11H,4-7H2,1-3H3;1H. The molecular formula is C10H22ClN. The van der Waals surface area contributed by atoms with Crippen LogP contribution in [0, 0.1) is 11.8 Å². The average Bonchev–Trinajstić information content (AvgIpc) is 2.13. The van der Waals surface area contributed by atoms with Crippen LogP contribution in [0.25, 0.3) is 0 Å².